The molecule has 0 bridgehead atoms. The highest BCUT2D eigenvalue weighted by molar-refractivity contribution is 7.98. The van der Waals surface area contributed by atoms with Crippen LogP contribution in [-0.4, -0.2) is 37.5 Å². The molecule has 1 unspecified atom stereocenters. The Morgan fingerprint density at radius 1 is 1.24 bits per heavy atom. The number of hydrogen-bond donors (Lipinski definition) is 2. The van der Waals surface area contributed by atoms with E-state index < -0.39 is 17.9 Å². The normalized spacial score (nSPS) is 11.6. The molecule has 1 atom stereocenters. The lowest BCUT2D eigenvalue weighted by molar-refractivity contribution is -0.137. The van der Waals surface area contributed by atoms with E-state index in [0.717, 1.165) is 0 Å². The fourth-order valence-electron chi connectivity index (χ4n) is 2.30. The molecule has 0 aliphatic heterocycles. The molecule has 1 amide bonds. The van der Waals surface area contributed by atoms with Gasteiger partial charge in [0.05, 0.1) is 26.7 Å². The second kappa shape index (κ2) is 8.48. The molecule has 1 aromatic carbocycles. The number of rotatable bonds is 8. The summed E-state index contributed by atoms with van der Waals surface area (Å²) >= 11 is 1.37. The molecule has 2 aromatic rings. The number of aliphatic carboxylic acids is 1. The summed E-state index contributed by atoms with van der Waals surface area (Å²) in [6.07, 6.45) is 1.53. The second-order valence-corrected chi connectivity index (χ2v) is 5.87. The van der Waals surface area contributed by atoms with Crippen molar-refractivity contribution in [2.45, 2.75) is 17.6 Å². The smallest absolute Gasteiger partial charge is 0.305 e. The first-order valence-corrected chi connectivity index (χ1v) is 8.59. The van der Waals surface area contributed by atoms with Gasteiger partial charge in [-0.05, 0) is 30.5 Å². The van der Waals surface area contributed by atoms with Crippen LogP contribution in [0.4, 0.5) is 0 Å². The van der Waals surface area contributed by atoms with Gasteiger partial charge in [-0.25, -0.2) is 0 Å². The van der Waals surface area contributed by atoms with Crippen LogP contribution in [0.1, 0.15) is 28.6 Å². The fourth-order valence-corrected chi connectivity index (χ4v) is 2.68. The third kappa shape index (κ3) is 4.69. The number of benzene rings is 1. The van der Waals surface area contributed by atoms with Crippen LogP contribution >= 0.6 is 11.8 Å². The summed E-state index contributed by atoms with van der Waals surface area (Å²) in [5, 5.41) is 12.5. The highest BCUT2D eigenvalue weighted by atomic mass is 32.2. The highest BCUT2D eigenvalue weighted by Gasteiger charge is 2.24. The number of methoxy groups -OCH3 is 2. The number of carbonyl (C=O) groups excluding carboxylic acids is 1. The van der Waals surface area contributed by atoms with Crippen LogP contribution in [0.5, 0.6) is 11.5 Å². The fraction of sp³-hybridized carbons (Fsp3) is 0.294. The van der Waals surface area contributed by atoms with Crippen LogP contribution in [0.25, 0.3) is 0 Å². The molecule has 0 spiro atoms. The molecule has 0 saturated carbocycles. The van der Waals surface area contributed by atoms with Crippen LogP contribution < -0.4 is 14.8 Å². The Morgan fingerprint density at radius 2 is 2.00 bits per heavy atom. The zero-order valence-corrected chi connectivity index (χ0v) is 14.9. The maximum Gasteiger partial charge on any atom is 0.305 e. The predicted molar refractivity (Wildman–Crippen MR) is 92.5 cm³/mol. The molecular weight excluding hydrogens is 346 g/mol. The van der Waals surface area contributed by atoms with Crippen molar-refractivity contribution in [1.29, 1.82) is 0 Å². The van der Waals surface area contributed by atoms with Crippen LogP contribution in [-0.2, 0) is 4.79 Å². The van der Waals surface area contributed by atoms with E-state index in [0.29, 0.717) is 22.2 Å². The van der Waals surface area contributed by atoms with E-state index in [2.05, 4.69) is 5.32 Å². The van der Waals surface area contributed by atoms with E-state index in [1.54, 1.807) is 30.3 Å². The summed E-state index contributed by atoms with van der Waals surface area (Å²) in [4.78, 5) is 23.6. The van der Waals surface area contributed by atoms with Crippen LogP contribution in [0.15, 0.2) is 39.8 Å². The highest BCUT2D eigenvalue weighted by Crippen LogP contribution is 2.31. The number of ether oxygens (including phenoxy) is 2. The van der Waals surface area contributed by atoms with Gasteiger partial charge in [0, 0.05) is 11.6 Å². The van der Waals surface area contributed by atoms with Gasteiger partial charge in [0.15, 0.2) is 10.9 Å². The zero-order chi connectivity index (χ0) is 18.4. The molecule has 2 rings (SSSR count). The van der Waals surface area contributed by atoms with Gasteiger partial charge in [-0.15, -0.1) is 0 Å². The van der Waals surface area contributed by atoms with Gasteiger partial charge in [-0.1, -0.05) is 11.8 Å². The summed E-state index contributed by atoms with van der Waals surface area (Å²) in [7, 11) is 2.99. The quantitative estimate of drug-likeness (QED) is 0.694. The summed E-state index contributed by atoms with van der Waals surface area (Å²) in [5.41, 5.74) is 0.538. The minimum atomic E-state index is -1.05. The second-order valence-electron chi connectivity index (χ2n) is 5.05. The number of carbonyl (C=O) groups is 2. The topological polar surface area (TPSA) is 98.0 Å². The van der Waals surface area contributed by atoms with Gasteiger partial charge in [0.2, 0.25) is 0 Å². The Hall–Kier alpha value is -2.61. The third-order valence-corrected chi connectivity index (χ3v) is 4.13. The predicted octanol–water partition coefficient (Wildman–Crippen LogP) is 2.96. The molecular formula is C17H19NO6S. The Bertz CT molecular complexity index is 757. The lowest BCUT2D eigenvalue weighted by Crippen LogP contribution is -2.30. The minimum Gasteiger partial charge on any atom is -0.497 e. The van der Waals surface area contributed by atoms with Crippen molar-refractivity contribution in [1.82, 2.24) is 5.32 Å². The van der Waals surface area contributed by atoms with Crippen LogP contribution in [0, 0.1) is 0 Å². The summed E-state index contributed by atoms with van der Waals surface area (Å²) in [5.74, 6) is -0.434. The first kappa shape index (κ1) is 18.7. The molecule has 0 radical (unpaired) electrons. The van der Waals surface area contributed by atoms with Crippen LogP contribution in [0.3, 0.4) is 0 Å². The minimum absolute atomic E-state index is 0.118. The number of hydrogen-bond acceptors (Lipinski definition) is 6. The van der Waals surface area contributed by atoms with Crippen molar-refractivity contribution in [3.8, 4) is 11.5 Å². The van der Waals surface area contributed by atoms with Crippen molar-refractivity contribution in [3.63, 3.8) is 0 Å². The lowest BCUT2D eigenvalue weighted by Gasteiger charge is -2.20. The summed E-state index contributed by atoms with van der Waals surface area (Å²) in [6, 6.07) is 7.42. The van der Waals surface area contributed by atoms with Crippen molar-refractivity contribution in [2.24, 2.45) is 0 Å². The Balaban J connectivity index is 2.29. The average Bonchev–Trinajstić information content (AvgIpc) is 3.09. The first-order valence-electron chi connectivity index (χ1n) is 7.37. The standard InChI is InChI=1S/C17H19NO6S/c1-22-10-4-5-11(14(8-10)23-2)12(9-15(19)20)18-17(21)13-6-7-16(24-13)25-3/h4-8,12H,9H2,1-3H3,(H,18,21)(H,19,20). The Labute approximate surface area is 149 Å². The van der Waals surface area contributed by atoms with Gasteiger partial charge in [0.1, 0.15) is 11.5 Å². The van der Waals surface area contributed by atoms with Gasteiger partial charge < -0.3 is 24.3 Å². The molecule has 1 heterocycles. The molecule has 8 heteroatoms. The van der Waals surface area contributed by atoms with E-state index >= 15 is 0 Å². The number of thioether (sulfide) groups is 1. The van der Waals surface area contributed by atoms with Gasteiger partial charge in [-0.2, -0.15) is 0 Å². The van der Waals surface area contributed by atoms with Crippen molar-refractivity contribution >= 4 is 23.6 Å². The van der Waals surface area contributed by atoms with Gasteiger partial charge in [0.25, 0.3) is 5.91 Å². The third-order valence-electron chi connectivity index (χ3n) is 3.51. The van der Waals surface area contributed by atoms with Gasteiger partial charge >= 0.3 is 5.97 Å². The van der Waals surface area contributed by atoms with E-state index in [1.165, 1.54) is 26.0 Å². The van der Waals surface area contributed by atoms with Crippen LogP contribution in [0.2, 0.25) is 0 Å². The lowest BCUT2D eigenvalue weighted by atomic mass is 10.0. The SMILES string of the molecule is COc1ccc(C(CC(=O)O)NC(=O)c2ccc(SC)o2)c(OC)c1. The van der Waals surface area contributed by atoms with E-state index in [-0.39, 0.29) is 12.2 Å². The van der Waals surface area contributed by atoms with Crippen molar-refractivity contribution < 1.29 is 28.6 Å². The Morgan fingerprint density at radius 3 is 2.56 bits per heavy atom. The molecule has 25 heavy (non-hydrogen) atoms. The molecule has 1 aromatic heterocycles. The maximum atomic E-state index is 12.4. The van der Waals surface area contributed by atoms with Gasteiger partial charge in [-0.3, -0.25) is 9.59 Å². The molecule has 134 valence electrons. The van der Waals surface area contributed by atoms with E-state index in [1.807, 2.05) is 6.26 Å². The van der Waals surface area contributed by atoms with Crippen molar-refractivity contribution in [2.75, 3.05) is 20.5 Å². The number of carboxylic acid groups (broad SMARTS) is 1. The van der Waals surface area contributed by atoms with E-state index in [9.17, 15) is 14.7 Å². The molecule has 0 aliphatic carbocycles. The number of carboxylic acids is 1. The first-order chi connectivity index (χ1) is 12.0. The summed E-state index contributed by atoms with van der Waals surface area (Å²) < 4.78 is 15.8. The number of furan rings is 1. The van der Waals surface area contributed by atoms with Crippen molar-refractivity contribution in [3.05, 3.63) is 41.7 Å². The molecule has 7 nitrogen and oxygen atoms in total. The largest absolute Gasteiger partial charge is 0.497 e. The van der Waals surface area contributed by atoms with E-state index in [4.69, 9.17) is 13.9 Å². The number of amides is 1. The Kier molecular flexibility index (Phi) is 6.35. The molecule has 2 N–H and O–H groups in total. The molecule has 0 aliphatic rings. The summed E-state index contributed by atoms with van der Waals surface area (Å²) in [6.45, 7) is 0. The zero-order valence-electron chi connectivity index (χ0n) is 14.1. The monoisotopic (exact) mass is 365 g/mol. The molecule has 0 fully saturated rings. The number of nitrogens with one attached hydrogen (secondary N) is 1. The maximum absolute atomic E-state index is 12.4. The average molecular weight is 365 g/mol. The molecule has 0 saturated heterocycles.